The van der Waals surface area contributed by atoms with Gasteiger partial charge >= 0.3 is 0 Å². The summed E-state index contributed by atoms with van der Waals surface area (Å²) in [6, 6.07) is 0. The van der Waals surface area contributed by atoms with E-state index in [1.165, 1.54) is 0 Å². The topological polar surface area (TPSA) is 20.2 Å². The number of rotatable bonds is 5. The van der Waals surface area contributed by atoms with Gasteiger partial charge in [0.05, 0.1) is 5.60 Å². The van der Waals surface area contributed by atoms with Crippen molar-refractivity contribution in [3.8, 4) is 0 Å². The molecular weight excluding hydrogens is 284 g/mol. The Morgan fingerprint density at radius 1 is 1.19 bits per heavy atom. The van der Waals surface area contributed by atoms with Crippen LogP contribution in [0.3, 0.4) is 0 Å². The van der Waals surface area contributed by atoms with Crippen LogP contribution in [0.25, 0.3) is 0 Å². The molecule has 0 amide bonds. The van der Waals surface area contributed by atoms with Gasteiger partial charge in [-0.15, -0.1) is 0 Å². The van der Waals surface area contributed by atoms with Gasteiger partial charge < -0.3 is 5.11 Å². The van der Waals surface area contributed by atoms with E-state index < -0.39 is 5.60 Å². The molecule has 0 saturated heterocycles. The number of hydrogen-bond acceptors (Lipinski definition) is 2. The summed E-state index contributed by atoms with van der Waals surface area (Å²) in [5.41, 5.74) is 0.376. The van der Waals surface area contributed by atoms with Crippen molar-refractivity contribution >= 4 is 27.3 Å². The first-order valence-electron chi connectivity index (χ1n) is 5.79. The van der Waals surface area contributed by atoms with Crippen LogP contribution in [0.5, 0.6) is 0 Å². The molecule has 1 nitrogen and oxygen atoms in total. The Bertz CT molecular complexity index is 320. The predicted molar refractivity (Wildman–Crippen MR) is 74.8 cm³/mol. The maximum Gasteiger partial charge on any atom is 0.0920 e. The van der Waals surface area contributed by atoms with Crippen LogP contribution in [0.15, 0.2) is 15.2 Å². The van der Waals surface area contributed by atoms with E-state index in [-0.39, 0.29) is 0 Å². The average molecular weight is 305 g/mol. The molecule has 1 rings (SSSR count). The molecule has 0 spiro atoms. The van der Waals surface area contributed by atoms with E-state index in [0.717, 1.165) is 22.9 Å². The molecule has 0 bridgehead atoms. The van der Waals surface area contributed by atoms with Crippen molar-refractivity contribution in [2.24, 2.45) is 11.8 Å². The molecule has 1 aromatic heterocycles. The average Bonchev–Trinajstić information content (AvgIpc) is 2.48. The molecule has 0 aliphatic carbocycles. The SMILES string of the molecule is CC(C)CC(O)(CC(C)C)c1cscc1Br. The van der Waals surface area contributed by atoms with Gasteiger partial charge in [0.1, 0.15) is 0 Å². The van der Waals surface area contributed by atoms with Gasteiger partial charge in [0.15, 0.2) is 0 Å². The largest absolute Gasteiger partial charge is 0.385 e. The summed E-state index contributed by atoms with van der Waals surface area (Å²) < 4.78 is 1.04. The van der Waals surface area contributed by atoms with Crippen molar-refractivity contribution < 1.29 is 5.11 Å². The van der Waals surface area contributed by atoms with Crippen LogP contribution in [0.1, 0.15) is 46.1 Å². The molecule has 16 heavy (non-hydrogen) atoms. The second-order valence-corrected chi connectivity index (χ2v) is 6.96. The summed E-state index contributed by atoms with van der Waals surface area (Å²) in [6.45, 7) is 8.63. The van der Waals surface area contributed by atoms with Crippen molar-refractivity contribution in [3.05, 3.63) is 20.8 Å². The highest BCUT2D eigenvalue weighted by Crippen LogP contribution is 2.40. The third-order valence-electron chi connectivity index (χ3n) is 2.61. The van der Waals surface area contributed by atoms with Gasteiger partial charge in [-0.3, -0.25) is 0 Å². The van der Waals surface area contributed by atoms with Gasteiger partial charge in [0.25, 0.3) is 0 Å². The Hall–Kier alpha value is 0.140. The highest BCUT2D eigenvalue weighted by Gasteiger charge is 2.33. The third kappa shape index (κ3) is 3.57. The number of hydrogen-bond donors (Lipinski definition) is 1. The molecule has 0 saturated carbocycles. The van der Waals surface area contributed by atoms with Crippen LogP contribution in [0, 0.1) is 11.8 Å². The standard InChI is InChI=1S/C13H21BrOS/c1-9(2)5-13(15,6-10(3)4)11-7-16-8-12(11)14/h7-10,15H,5-6H2,1-4H3. The molecule has 0 fully saturated rings. The van der Waals surface area contributed by atoms with E-state index >= 15 is 0 Å². The fraction of sp³-hybridized carbons (Fsp3) is 0.692. The fourth-order valence-corrected chi connectivity index (χ4v) is 4.02. The molecule has 0 atom stereocenters. The summed E-state index contributed by atoms with van der Waals surface area (Å²) in [5.74, 6) is 0.992. The Labute approximate surface area is 111 Å². The molecule has 0 aromatic carbocycles. The molecule has 0 radical (unpaired) electrons. The van der Waals surface area contributed by atoms with E-state index in [1.807, 2.05) is 5.38 Å². The summed E-state index contributed by atoms with van der Waals surface area (Å²) in [6.07, 6.45) is 1.64. The summed E-state index contributed by atoms with van der Waals surface area (Å²) >= 11 is 5.17. The van der Waals surface area contributed by atoms with Crippen LogP contribution < -0.4 is 0 Å². The molecule has 0 aliphatic rings. The van der Waals surface area contributed by atoms with Gasteiger partial charge in [-0.2, -0.15) is 11.3 Å². The summed E-state index contributed by atoms with van der Waals surface area (Å²) in [4.78, 5) is 0. The van der Waals surface area contributed by atoms with Crippen LogP contribution in [-0.2, 0) is 5.60 Å². The first kappa shape index (κ1) is 14.2. The highest BCUT2D eigenvalue weighted by atomic mass is 79.9. The number of thiophene rings is 1. The minimum Gasteiger partial charge on any atom is -0.385 e. The zero-order valence-electron chi connectivity index (χ0n) is 10.5. The second-order valence-electron chi connectivity index (χ2n) is 5.36. The Morgan fingerprint density at radius 3 is 2.00 bits per heavy atom. The minimum absolute atomic E-state index is 0.496. The van der Waals surface area contributed by atoms with Gasteiger partial charge in [0.2, 0.25) is 0 Å². The van der Waals surface area contributed by atoms with E-state index in [4.69, 9.17) is 0 Å². The molecule has 0 aliphatic heterocycles. The van der Waals surface area contributed by atoms with Crippen molar-refractivity contribution in [1.29, 1.82) is 0 Å². The predicted octanol–water partition coefficient (Wildman–Crippen LogP) is 4.79. The first-order valence-corrected chi connectivity index (χ1v) is 7.53. The minimum atomic E-state index is -0.679. The molecule has 92 valence electrons. The molecular formula is C13H21BrOS. The maximum atomic E-state index is 10.9. The van der Waals surface area contributed by atoms with Crippen LogP contribution in [-0.4, -0.2) is 5.11 Å². The van der Waals surface area contributed by atoms with E-state index in [0.29, 0.717) is 11.8 Å². The molecule has 0 unspecified atom stereocenters. The van der Waals surface area contributed by atoms with Gasteiger partial charge in [0, 0.05) is 15.4 Å². The van der Waals surface area contributed by atoms with Crippen molar-refractivity contribution in [3.63, 3.8) is 0 Å². The fourth-order valence-electron chi connectivity index (χ4n) is 2.27. The smallest absolute Gasteiger partial charge is 0.0920 e. The lowest BCUT2D eigenvalue weighted by Crippen LogP contribution is -2.29. The first-order chi connectivity index (χ1) is 7.35. The van der Waals surface area contributed by atoms with Crippen molar-refractivity contribution in [2.75, 3.05) is 0 Å². The molecule has 1 heterocycles. The third-order valence-corrected chi connectivity index (χ3v) is 4.31. The van der Waals surface area contributed by atoms with Crippen LogP contribution >= 0.6 is 27.3 Å². The summed E-state index contributed by atoms with van der Waals surface area (Å²) in [5, 5.41) is 15.0. The maximum absolute atomic E-state index is 10.9. The zero-order chi connectivity index (χ0) is 12.3. The second kappa shape index (κ2) is 5.65. The molecule has 1 N–H and O–H groups in total. The van der Waals surface area contributed by atoms with Gasteiger partial charge in [-0.1, -0.05) is 27.7 Å². The lowest BCUT2D eigenvalue weighted by atomic mass is 9.81. The summed E-state index contributed by atoms with van der Waals surface area (Å²) in [7, 11) is 0. The Balaban J connectivity index is 2.99. The van der Waals surface area contributed by atoms with Gasteiger partial charge in [-0.05, 0) is 46.0 Å². The van der Waals surface area contributed by atoms with E-state index in [1.54, 1.807) is 11.3 Å². The van der Waals surface area contributed by atoms with Crippen LogP contribution in [0.2, 0.25) is 0 Å². The van der Waals surface area contributed by atoms with E-state index in [2.05, 4.69) is 49.0 Å². The molecule has 3 heteroatoms. The number of aliphatic hydroxyl groups is 1. The van der Waals surface area contributed by atoms with Gasteiger partial charge in [-0.25, -0.2) is 0 Å². The highest BCUT2D eigenvalue weighted by molar-refractivity contribution is 9.10. The van der Waals surface area contributed by atoms with E-state index in [9.17, 15) is 5.11 Å². The number of halogens is 1. The molecule has 1 aromatic rings. The lowest BCUT2D eigenvalue weighted by Gasteiger charge is -2.31. The Morgan fingerprint density at radius 2 is 1.69 bits per heavy atom. The van der Waals surface area contributed by atoms with Crippen molar-refractivity contribution in [1.82, 2.24) is 0 Å². The quantitative estimate of drug-likeness (QED) is 0.829. The normalized spacial score (nSPS) is 12.8. The zero-order valence-corrected chi connectivity index (χ0v) is 12.9. The Kier molecular flexibility index (Phi) is 5.02. The van der Waals surface area contributed by atoms with Crippen LogP contribution in [0.4, 0.5) is 0 Å². The monoisotopic (exact) mass is 304 g/mol. The van der Waals surface area contributed by atoms with Crippen molar-refractivity contribution in [2.45, 2.75) is 46.1 Å². The lowest BCUT2D eigenvalue weighted by molar-refractivity contribution is -0.00473.